The van der Waals surface area contributed by atoms with Gasteiger partial charge in [-0.25, -0.2) is 4.39 Å². The van der Waals surface area contributed by atoms with E-state index in [0.29, 0.717) is 45.4 Å². The maximum Gasteiger partial charge on any atom is 0.497 e. The van der Waals surface area contributed by atoms with Crippen molar-refractivity contribution >= 4 is 29.2 Å². The predicted octanol–water partition coefficient (Wildman–Crippen LogP) is 3.96. The number of hydrogen-bond donors (Lipinski definition) is 1. The molecule has 0 unspecified atom stereocenters. The van der Waals surface area contributed by atoms with Gasteiger partial charge in [-0.1, -0.05) is 26.0 Å². The van der Waals surface area contributed by atoms with Gasteiger partial charge in [0.25, 0.3) is 0 Å². The number of benzene rings is 2. The van der Waals surface area contributed by atoms with Gasteiger partial charge in [0, 0.05) is 10.8 Å². The molecule has 2 aromatic carbocycles. The highest BCUT2D eigenvalue weighted by Gasteiger charge is 2.68. The molecule has 6 nitrogen and oxygen atoms in total. The van der Waals surface area contributed by atoms with E-state index in [1.54, 1.807) is 18.2 Å². The number of aromatic nitrogens is 2. The molecule has 2 bridgehead atoms. The van der Waals surface area contributed by atoms with Crippen LogP contribution >= 0.6 is 0 Å². The molecule has 0 spiro atoms. The van der Waals surface area contributed by atoms with Crippen molar-refractivity contribution in [2.75, 3.05) is 12.8 Å². The van der Waals surface area contributed by atoms with Crippen LogP contribution in [-0.4, -0.2) is 36.1 Å². The zero-order valence-electron chi connectivity index (χ0n) is 19.3. The Kier molecular flexibility index (Phi) is 4.36. The Morgan fingerprint density at radius 2 is 2.00 bits per heavy atom. The molecule has 0 amide bonds. The smallest absolute Gasteiger partial charge is 0.496 e. The van der Waals surface area contributed by atoms with E-state index < -0.39 is 18.5 Å². The molecule has 0 radical (unpaired) electrons. The molecule has 1 aliphatic heterocycles. The molecule has 3 aromatic rings. The van der Waals surface area contributed by atoms with E-state index in [1.165, 1.54) is 13.3 Å². The summed E-state index contributed by atoms with van der Waals surface area (Å²) in [6.45, 7) is 6.76. The first kappa shape index (κ1) is 20.9. The summed E-state index contributed by atoms with van der Waals surface area (Å²) >= 11 is 0. The van der Waals surface area contributed by atoms with E-state index in [4.69, 9.17) is 19.8 Å². The average molecular weight is 447 g/mol. The van der Waals surface area contributed by atoms with Gasteiger partial charge in [-0.15, -0.1) is 0 Å². The number of nitrogens with zero attached hydrogens (tertiary/aromatic N) is 2. The van der Waals surface area contributed by atoms with Gasteiger partial charge in [0.05, 0.1) is 41.8 Å². The van der Waals surface area contributed by atoms with Crippen molar-refractivity contribution in [1.29, 1.82) is 0 Å². The van der Waals surface area contributed by atoms with E-state index in [1.807, 2.05) is 12.1 Å². The first-order chi connectivity index (χ1) is 15.7. The highest BCUT2D eigenvalue weighted by molar-refractivity contribution is 6.62. The number of anilines is 1. The molecular formula is C25H27BFN3O3. The van der Waals surface area contributed by atoms with E-state index in [2.05, 4.69) is 31.0 Å². The van der Waals surface area contributed by atoms with Gasteiger partial charge in [0.2, 0.25) is 0 Å². The topological polar surface area (TPSA) is 79.5 Å². The molecule has 3 aliphatic carbocycles. The third kappa shape index (κ3) is 2.80. The Morgan fingerprint density at radius 1 is 1.18 bits per heavy atom. The summed E-state index contributed by atoms with van der Waals surface area (Å²) in [6, 6.07) is 8.90. The largest absolute Gasteiger partial charge is 0.497 e. The SMILES string of the molecule is COc1ccc(B2O[C@@H]3C[C@@H]4C[C@@H](C4(C)C)[C@]3(C)O2)c(F)c1-c1ccc2c(N)cnnc2c1. The molecule has 170 valence electrons. The molecule has 1 saturated heterocycles. The third-order valence-corrected chi connectivity index (χ3v) is 8.52. The molecule has 3 saturated carbocycles. The predicted molar refractivity (Wildman–Crippen MR) is 126 cm³/mol. The Bertz CT molecular complexity index is 1290. The van der Waals surface area contributed by atoms with E-state index in [0.717, 1.165) is 18.2 Å². The number of nitrogen functional groups attached to an aromatic ring is 1. The van der Waals surface area contributed by atoms with Crippen molar-refractivity contribution in [1.82, 2.24) is 10.2 Å². The molecule has 4 atom stereocenters. The summed E-state index contributed by atoms with van der Waals surface area (Å²) in [5, 5.41) is 8.85. The number of fused-ring (bicyclic) bond motifs is 1. The van der Waals surface area contributed by atoms with Crippen LogP contribution in [0.5, 0.6) is 5.75 Å². The lowest BCUT2D eigenvalue weighted by Crippen LogP contribution is -2.65. The minimum atomic E-state index is -0.754. The van der Waals surface area contributed by atoms with Crippen molar-refractivity contribution in [3.63, 3.8) is 0 Å². The number of nitrogens with two attached hydrogens (primary N) is 1. The summed E-state index contributed by atoms with van der Waals surface area (Å²) in [4.78, 5) is 0. The fourth-order valence-electron chi connectivity index (χ4n) is 6.43. The minimum Gasteiger partial charge on any atom is -0.496 e. The number of ether oxygens (including phenoxy) is 1. The van der Waals surface area contributed by atoms with Gasteiger partial charge >= 0.3 is 7.12 Å². The maximum atomic E-state index is 16.1. The van der Waals surface area contributed by atoms with Gasteiger partial charge in [0.15, 0.2) is 0 Å². The van der Waals surface area contributed by atoms with Crippen LogP contribution in [0, 0.1) is 23.1 Å². The van der Waals surface area contributed by atoms with Crippen LogP contribution in [0.25, 0.3) is 22.0 Å². The second-order valence-electron chi connectivity index (χ2n) is 10.4. The summed E-state index contributed by atoms with van der Waals surface area (Å²) < 4.78 is 34.5. The molecule has 4 fully saturated rings. The van der Waals surface area contributed by atoms with E-state index in [-0.39, 0.29) is 11.5 Å². The summed E-state index contributed by atoms with van der Waals surface area (Å²) in [5.74, 6) is 1.05. The van der Waals surface area contributed by atoms with Crippen molar-refractivity contribution < 1.29 is 18.4 Å². The summed E-state index contributed by atoms with van der Waals surface area (Å²) in [5.41, 5.74) is 8.29. The lowest BCUT2D eigenvalue weighted by molar-refractivity contribution is -0.199. The molecule has 4 aliphatic rings. The zero-order valence-corrected chi connectivity index (χ0v) is 19.3. The van der Waals surface area contributed by atoms with E-state index in [9.17, 15) is 0 Å². The Morgan fingerprint density at radius 3 is 2.76 bits per heavy atom. The van der Waals surface area contributed by atoms with Crippen molar-refractivity contribution in [2.45, 2.75) is 45.3 Å². The Hall–Kier alpha value is -2.71. The molecule has 7 rings (SSSR count). The second kappa shape index (κ2) is 6.90. The number of hydrogen-bond acceptors (Lipinski definition) is 6. The lowest BCUT2D eigenvalue weighted by atomic mass is 9.43. The Balaban J connectivity index is 1.41. The zero-order chi connectivity index (χ0) is 23.1. The van der Waals surface area contributed by atoms with Crippen LogP contribution in [0.1, 0.15) is 33.6 Å². The van der Waals surface area contributed by atoms with Crippen LogP contribution in [0.3, 0.4) is 0 Å². The fourth-order valence-corrected chi connectivity index (χ4v) is 6.43. The normalized spacial score (nSPS) is 29.6. The number of halogens is 1. The van der Waals surface area contributed by atoms with Gasteiger partial charge < -0.3 is 19.8 Å². The van der Waals surface area contributed by atoms with Crippen LogP contribution in [0.4, 0.5) is 10.1 Å². The molecular weight excluding hydrogens is 420 g/mol. The van der Waals surface area contributed by atoms with Crippen molar-refractivity contribution in [3.8, 4) is 16.9 Å². The summed E-state index contributed by atoms with van der Waals surface area (Å²) in [7, 11) is 0.778. The first-order valence-electron chi connectivity index (χ1n) is 11.4. The van der Waals surface area contributed by atoms with Crippen molar-refractivity contribution in [3.05, 3.63) is 42.3 Å². The number of rotatable bonds is 3. The van der Waals surface area contributed by atoms with Crippen LogP contribution in [0.2, 0.25) is 0 Å². The first-order valence-corrected chi connectivity index (χ1v) is 11.4. The van der Waals surface area contributed by atoms with Gasteiger partial charge in [-0.05, 0) is 60.8 Å². The average Bonchev–Trinajstić information content (AvgIpc) is 3.15. The maximum absolute atomic E-state index is 16.1. The van der Waals surface area contributed by atoms with Crippen LogP contribution in [0.15, 0.2) is 36.5 Å². The van der Waals surface area contributed by atoms with Gasteiger partial charge in [-0.3, -0.25) is 0 Å². The molecule has 33 heavy (non-hydrogen) atoms. The number of methoxy groups -OCH3 is 1. The van der Waals surface area contributed by atoms with E-state index >= 15 is 4.39 Å². The summed E-state index contributed by atoms with van der Waals surface area (Å²) in [6.07, 6.45) is 3.58. The molecule has 1 aromatic heterocycles. The minimum absolute atomic E-state index is 0.0249. The molecule has 2 heterocycles. The molecule has 8 heteroatoms. The van der Waals surface area contributed by atoms with Crippen molar-refractivity contribution in [2.24, 2.45) is 17.3 Å². The van der Waals surface area contributed by atoms with Crippen LogP contribution in [-0.2, 0) is 9.31 Å². The third-order valence-electron chi connectivity index (χ3n) is 8.52. The van der Waals surface area contributed by atoms with Crippen LogP contribution < -0.4 is 15.9 Å². The van der Waals surface area contributed by atoms with Gasteiger partial charge in [-0.2, -0.15) is 10.2 Å². The standard InChI is InChI=1S/C25H27BFN3O3/c1-24(2)14-10-20(24)25(3)21(11-14)32-26(33-25)16-7-8-19(31-4)22(23(16)27)13-5-6-15-17(28)12-29-30-18(15)9-13/h5-9,12,14,20-21H,10-11H2,1-4H3,(H2,28,30)/t14-,20-,21+,25-/m0/s1. The highest BCUT2D eigenvalue weighted by atomic mass is 19.1. The highest BCUT2D eigenvalue weighted by Crippen LogP contribution is 2.65. The fraction of sp³-hybridized carbons (Fsp3) is 0.440. The van der Waals surface area contributed by atoms with Gasteiger partial charge in [0.1, 0.15) is 11.6 Å². The Labute approximate surface area is 192 Å². The quantitative estimate of drug-likeness (QED) is 0.613. The molecule has 2 N–H and O–H groups in total. The lowest BCUT2D eigenvalue weighted by Gasteiger charge is -2.64. The monoisotopic (exact) mass is 447 g/mol. The second-order valence-corrected chi connectivity index (χ2v) is 10.4.